The lowest BCUT2D eigenvalue weighted by Crippen LogP contribution is -2.20. The van der Waals surface area contributed by atoms with Crippen LogP contribution in [0.2, 0.25) is 0 Å². The molecule has 0 bridgehead atoms. The number of ether oxygens (including phenoxy) is 1. The van der Waals surface area contributed by atoms with Crippen molar-refractivity contribution in [3.63, 3.8) is 0 Å². The summed E-state index contributed by atoms with van der Waals surface area (Å²) in [6.45, 7) is 1.75. The van der Waals surface area contributed by atoms with Gasteiger partial charge in [-0.25, -0.2) is 4.79 Å². The minimum Gasteiger partial charge on any atom is -0.508 e. The average molecular weight is 264 g/mol. The van der Waals surface area contributed by atoms with Crippen molar-refractivity contribution < 1.29 is 14.3 Å². The molecule has 0 aromatic carbocycles. The molecule has 1 aromatic heterocycles. The zero-order chi connectivity index (χ0) is 13.3. The van der Waals surface area contributed by atoms with Crippen LogP contribution in [0.1, 0.15) is 37.9 Å². The average Bonchev–Trinajstić information content (AvgIpc) is 3.08. The molecule has 3 rings (SSSR count). The van der Waals surface area contributed by atoms with E-state index in [-0.39, 0.29) is 5.75 Å². The fourth-order valence-electron chi connectivity index (χ4n) is 3.16. The summed E-state index contributed by atoms with van der Waals surface area (Å²) in [4.78, 5) is 11.3. The topological polar surface area (TPSA) is 59.7 Å². The molecule has 2 aliphatic rings. The SMILES string of the molecule is O=c1cc(O)cc(CC2(CC3CCOCC3)CC2)o1. The molecule has 2 heterocycles. The van der Waals surface area contributed by atoms with E-state index < -0.39 is 5.63 Å². The van der Waals surface area contributed by atoms with Gasteiger partial charge < -0.3 is 14.3 Å². The van der Waals surface area contributed by atoms with Crippen LogP contribution >= 0.6 is 0 Å². The van der Waals surface area contributed by atoms with Gasteiger partial charge in [-0.3, -0.25) is 0 Å². The second kappa shape index (κ2) is 5.00. The maximum Gasteiger partial charge on any atom is 0.339 e. The van der Waals surface area contributed by atoms with Gasteiger partial charge in [0.05, 0.1) is 6.07 Å². The molecule has 4 nitrogen and oxygen atoms in total. The van der Waals surface area contributed by atoms with E-state index in [1.807, 2.05) is 0 Å². The van der Waals surface area contributed by atoms with Gasteiger partial charge in [0.2, 0.25) is 0 Å². The minimum absolute atomic E-state index is 0.00752. The standard InChI is InChI=1S/C15H20O4/c16-12-7-13(19-14(17)8-12)10-15(3-4-15)9-11-1-5-18-6-2-11/h7-8,11,16H,1-6,9-10H2. The van der Waals surface area contributed by atoms with Gasteiger partial charge in [0.1, 0.15) is 11.5 Å². The predicted molar refractivity (Wildman–Crippen MR) is 70.2 cm³/mol. The van der Waals surface area contributed by atoms with Gasteiger partial charge >= 0.3 is 5.63 Å². The molecule has 0 atom stereocenters. The Hall–Kier alpha value is -1.29. The van der Waals surface area contributed by atoms with Gasteiger partial charge in [0, 0.05) is 25.7 Å². The Balaban J connectivity index is 1.66. The third kappa shape index (κ3) is 3.18. The van der Waals surface area contributed by atoms with Crippen molar-refractivity contribution in [2.24, 2.45) is 11.3 Å². The highest BCUT2D eigenvalue weighted by molar-refractivity contribution is 5.20. The third-order valence-corrected chi connectivity index (χ3v) is 4.38. The van der Waals surface area contributed by atoms with E-state index in [9.17, 15) is 9.90 Å². The van der Waals surface area contributed by atoms with Crippen LogP contribution in [0.15, 0.2) is 21.3 Å². The van der Waals surface area contributed by atoms with Gasteiger partial charge in [0.25, 0.3) is 0 Å². The van der Waals surface area contributed by atoms with E-state index in [4.69, 9.17) is 9.15 Å². The highest BCUT2D eigenvalue weighted by Crippen LogP contribution is 2.54. The maximum absolute atomic E-state index is 11.3. The van der Waals surface area contributed by atoms with Crippen molar-refractivity contribution in [3.05, 3.63) is 28.3 Å². The Morgan fingerprint density at radius 3 is 2.63 bits per heavy atom. The first-order valence-corrected chi connectivity index (χ1v) is 7.06. The number of aromatic hydroxyl groups is 1. The first kappa shape index (κ1) is 12.7. The Morgan fingerprint density at radius 2 is 2.00 bits per heavy atom. The summed E-state index contributed by atoms with van der Waals surface area (Å²) in [5.74, 6) is 1.36. The molecule has 1 aliphatic heterocycles. The Bertz CT molecular complexity index is 495. The van der Waals surface area contributed by atoms with E-state index in [1.165, 1.54) is 19.3 Å². The van der Waals surface area contributed by atoms with E-state index in [0.29, 0.717) is 11.2 Å². The molecule has 0 radical (unpaired) electrons. The lowest BCUT2D eigenvalue weighted by Gasteiger charge is -2.26. The second-order valence-corrected chi connectivity index (χ2v) is 6.04. The first-order chi connectivity index (χ1) is 9.15. The monoisotopic (exact) mass is 264 g/mol. The zero-order valence-corrected chi connectivity index (χ0v) is 11.1. The van der Waals surface area contributed by atoms with Gasteiger partial charge in [-0.1, -0.05) is 0 Å². The molecule has 1 saturated carbocycles. The molecule has 4 heteroatoms. The van der Waals surface area contributed by atoms with Crippen LogP contribution in [-0.2, 0) is 11.2 Å². The van der Waals surface area contributed by atoms with Crippen LogP contribution in [0, 0.1) is 11.3 Å². The van der Waals surface area contributed by atoms with Crippen molar-refractivity contribution in [3.8, 4) is 5.75 Å². The summed E-state index contributed by atoms with van der Waals surface area (Å²) < 4.78 is 10.6. The van der Waals surface area contributed by atoms with Gasteiger partial charge in [0.15, 0.2) is 0 Å². The van der Waals surface area contributed by atoms with E-state index in [2.05, 4.69) is 0 Å². The van der Waals surface area contributed by atoms with E-state index >= 15 is 0 Å². The number of hydrogen-bond acceptors (Lipinski definition) is 4. The van der Waals surface area contributed by atoms with Crippen molar-refractivity contribution in [2.45, 2.75) is 38.5 Å². The molecule has 0 spiro atoms. The first-order valence-electron chi connectivity index (χ1n) is 7.06. The van der Waals surface area contributed by atoms with Crippen molar-refractivity contribution in [2.75, 3.05) is 13.2 Å². The van der Waals surface area contributed by atoms with Crippen LogP contribution < -0.4 is 5.63 Å². The minimum atomic E-state index is -0.461. The fourth-order valence-corrected chi connectivity index (χ4v) is 3.16. The van der Waals surface area contributed by atoms with Crippen LogP contribution in [0.5, 0.6) is 5.75 Å². The highest BCUT2D eigenvalue weighted by Gasteiger charge is 2.44. The largest absolute Gasteiger partial charge is 0.508 e. The molecular formula is C15H20O4. The summed E-state index contributed by atoms with van der Waals surface area (Å²) in [5, 5.41) is 9.46. The third-order valence-electron chi connectivity index (χ3n) is 4.38. The van der Waals surface area contributed by atoms with Crippen LogP contribution in [-0.4, -0.2) is 18.3 Å². The van der Waals surface area contributed by atoms with Gasteiger partial charge in [-0.15, -0.1) is 0 Å². The van der Waals surface area contributed by atoms with Crippen LogP contribution in [0.4, 0.5) is 0 Å². The molecule has 19 heavy (non-hydrogen) atoms. The Labute approximate surface area is 112 Å². The van der Waals surface area contributed by atoms with Crippen LogP contribution in [0.25, 0.3) is 0 Å². The normalized spacial score (nSPS) is 22.3. The Morgan fingerprint density at radius 1 is 1.26 bits per heavy atom. The summed E-state index contributed by atoms with van der Waals surface area (Å²) in [6.07, 6.45) is 6.65. The molecule has 1 aliphatic carbocycles. The zero-order valence-electron chi connectivity index (χ0n) is 11.1. The number of hydrogen-bond donors (Lipinski definition) is 1. The van der Waals surface area contributed by atoms with Gasteiger partial charge in [-0.05, 0) is 43.4 Å². The number of rotatable bonds is 4. The summed E-state index contributed by atoms with van der Waals surface area (Å²) in [6, 6.07) is 2.69. The molecule has 0 unspecified atom stereocenters. The summed E-state index contributed by atoms with van der Waals surface area (Å²) in [5.41, 5.74) is -0.164. The quantitative estimate of drug-likeness (QED) is 0.907. The second-order valence-electron chi connectivity index (χ2n) is 6.04. The van der Waals surface area contributed by atoms with Crippen molar-refractivity contribution >= 4 is 0 Å². The van der Waals surface area contributed by atoms with Gasteiger partial charge in [-0.2, -0.15) is 0 Å². The lowest BCUT2D eigenvalue weighted by atomic mass is 9.84. The van der Waals surface area contributed by atoms with E-state index in [0.717, 1.165) is 44.5 Å². The molecule has 1 saturated heterocycles. The smallest absolute Gasteiger partial charge is 0.339 e. The molecule has 2 fully saturated rings. The predicted octanol–water partition coefficient (Wildman–Crippen LogP) is 2.48. The van der Waals surface area contributed by atoms with E-state index in [1.54, 1.807) is 6.07 Å². The maximum atomic E-state index is 11.3. The molecular weight excluding hydrogens is 244 g/mol. The molecule has 0 amide bonds. The molecule has 1 aromatic rings. The highest BCUT2D eigenvalue weighted by atomic mass is 16.5. The molecule has 1 N–H and O–H groups in total. The van der Waals surface area contributed by atoms with Crippen molar-refractivity contribution in [1.82, 2.24) is 0 Å². The summed E-state index contributed by atoms with van der Waals surface area (Å²) >= 11 is 0. The summed E-state index contributed by atoms with van der Waals surface area (Å²) in [7, 11) is 0. The molecule has 104 valence electrons. The van der Waals surface area contributed by atoms with Crippen molar-refractivity contribution in [1.29, 1.82) is 0 Å². The van der Waals surface area contributed by atoms with Crippen LogP contribution in [0.3, 0.4) is 0 Å². The Kier molecular flexibility index (Phi) is 3.35. The lowest BCUT2D eigenvalue weighted by molar-refractivity contribution is 0.0565. The fraction of sp³-hybridized carbons (Fsp3) is 0.667.